The van der Waals surface area contributed by atoms with Crippen molar-refractivity contribution in [2.45, 2.75) is 20.0 Å². The summed E-state index contributed by atoms with van der Waals surface area (Å²) in [6.45, 7) is 3.75. The number of aryl methyl sites for hydroxylation is 2. The summed E-state index contributed by atoms with van der Waals surface area (Å²) in [7, 11) is 0. The fourth-order valence-electron chi connectivity index (χ4n) is 4.09. The zero-order valence-electron chi connectivity index (χ0n) is 17.0. The van der Waals surface area contributed by atoms with Crippen LogP contribution in [0, 0.1) is 13.8 Å². The summed E-state index contributed by atoms with van der Waals surface area (Å²) >= 11 is 6.02. The molecule has 2 heterocycles. The summed E-state index contributed by atoms with van der Waals surface area (Å²) < 4.78 is 11.8. The molecule has 0 saturated heterocycles. The lowest BCUT2D eigenvalue weighted by Gasteiger charge is -2.11. The van der Waals surface area contributed by atoms with Crippen LogP contribution in [0.3, 0.4) is 0 Å². The van der Waals surface area contributed by atoms with Crippen LogP contribution in [0.15, 0.2) is 80.4 Å². The molecule has 1 N–H and O–H groups in total. The Balaban J connectivity index is 1.87. The molecule has 5 aromatic rings. The van der Waals surface area contributed by atoms with Crippen molar-refractivity contribution in [3.8, 4) is 11.1 Å². The van der Waals surface area contributed by atoms with Gasteiger partial charge in [0.15, 0.2) is 0 Å². The van der Waals surface area contributed by atoms with Gasteiger partial charge in [0, 0.05) is 33.0 Å². The number of aliphatic hydroxyl groups excluding tert-OH is 1. The minimum absolute atomic E-state index is 0.399. The van der Waals surface area contributed by atoms with E-state index in [4.69, 9.17) is 20.4 Å². The number of hydrogen-bond donors (Lipinski definition) is 1. The molecule has 0 aliphatic heterocycles. The molecule has 2 aromatic heterocycles. The third-order valence-corrected chi connectivity index (χ3v) is 5.90. The predicted octanol–water partition coefficient (Wildman–Crippen LogP) is 6.56. The molecule has 0 bridgehead atoms. The Morgan fingerprint density at radius 2 is 1.55 bits per heavy atom. The highest BCUT2D eigenvalue weighted by molar-refractivity contribution is 6.30. The van der Waals surface area contributed by atoms with Crippen molar-refractivity contribution in [2.75, 3.05) is 0 Å². The Kier molecular flexibility index (Phi) is 4.69. The molecule has 31 heavy (non-hydrogen) atoms. The Bertz CT molecular complexity index is 1480. The summed E-state index contributed by atoms with van der Waals surface area (Å²) in [5.74, 6) is 0.432. The topological polar surface area (TPSA) is 63.6 Å². The average molecular weight is 431 g/mol. The van der Waals surface area contributed by atoms with Crippen LogP contribution in [0.4, 0.5) is 0 Å². The van der Waals surface area contributed by atoms with Gasteiger partial charge in [0.2, 0.25) is 0 Å². The van der Waals surface area contributed by atoms with E-state index in [0.717, 1.165) is 33.0 Å². The van der Waals surface area contributed by atoms with Crippen LogP contribution in [0.25, 0.3) is 33.1 Å². The Labute approximate surface area is 183 Å². The van der Waals surface area contributed by atoms with Gasteiger partial charge in [-0.15, -0.1) is 0 Å². The van der Waals surface area contributed by atoms with Gasteiger partial charge < -0.3 is 13.9 Å². The fourth-order valence-corrected chi connectivity index (χ4v) is 4.22. The summed E-state index contributed by atoms with van der Waals surface area (Å²) in [4.78, 5) is 12.0. The Morgan fingerprint density at radius 1 is 0.871 bits per heavy atom. The minimum Gasteiger partial charge on any atom is -0.457 e. The van der Waals surface area contributed by atoms with E-state index in [0.29, 0.717) is 27.5 Å². The number of hydrogen-bond acceptors (Lipinski definition) is 4. The normalized spacial score (nSPS) is 12.5. The number of benzene rings is 3. The van der Waals surface area contributed by atoms with E-state index in [1.165, 1.54) is 6.07 Å². The second-order valence-corrected chi connectivity index (χ2v) is 8.10. The van der Waals surface area contributed by atoms with Gasteiger partial charge in [-0.05, 0) is 48.7 Å². The summed E-state index contributed by atoms with van der Waals surface area (Å²) in [6.07, 6.45) is -0.990. The molecule has 0 aliphatic carbocycles. The average Bonchev–Trinajstić information content (AvgIpc) is 3.15. The standard InChI is InChI=1S/C26H19ClO4/c1-14-12-21(28)30-24-15(2)25-20(13-19(14)24)22(16-6-4-3-5-7-16)26(31-25)23(29)17-8-10-18(27)11-9-17/h3-13,23,29H,1-2H3/t23-/m1/s1. The van der Waals surface area contributed by atoms with Gasteiger partial charge >= 0.3 is 5.63 Å². The van der Waals surface area contributed by atoms with Crippen LogP contribution in [0.5, 0.6) is 0 Å². The molecule has 5 heteroatoms. The van der Waals surface area contributed by atoms with E-state index in [9.17, 15) is 9.90 Å². The summed E-state index contributed by atoms with van der Waals surface area (Å²) in [5.41, 5.74) is 4.65. The van der Waals surface area contributed by atoms with Gasteiger partial charge in [-0.25, -0.2) is 4.79 Å². The quantitative estimate of drug-likeness (QED) is 0.329. The first kappa shape index (κ1) is 19.6. The van der Waals surface area contributed by atoms with Crippen molar-refractivity contribution in [3.05, 3.63) is 105 Å². The van der Waals surface area contributed by atoms with Crippen LogP contribution >= 0.6 is 11.6 Å². The van der Waals surface area contributed by atoms with Crippen molar-refractivity contribution >= 4 is 33.5 Å². The number of rotatable bonds is 3. The van der Waals surface area contributed by atoms with Crippen molar-refractivity contribution < 1.29 is 13.9 Å². The third kappa shape index (κ3) is 3.25. The Hall–Kier alpha value is -3.34. The van der Waals surface area contributed by atoms with Gasteiger partial charge in [0.05, 0.1) is 0 Å². The zero-order valence-corrected chi connectivity index (χ0v) is 17.7. The smallest absolute Gasteiger partial charge is 0.336 e. The van der Waals surface area contributed by atoms with Gasteiger partial charge in [-0.1, -0.05) is 54.1 Å². The summed E-state index contributed by atoms with van der Waals surface area (Å²) in [5, 5.41) is 13.5. The maximum Gasteiger partial charge on any atom is 0.336 e. The predicted molar refractivity (Wildman–Crippen MR) is 123 cm³/mol. The maximum atomic E-state index is 12.0. The van der Waals surface area contributed by atoms with Crippen molar-refractivity contribution in [2.24, 2.45) is 0 Å². The third-order valence-electron chi connectivity index (χ3n) is 5.65. The molecule has 0 saturated carbocycles. The summed E-state index contributed by atoms with van der Waals surface area (Å²) in [6, 6.07) is 20.3. The first-order chi connectivity index (χ1) is 14.9. The van der Waals surface area contributed by atoms with E-state index < -0.39 is 11.7 Å². The van der Waals surface area contributed by atoms with Crippen LogP contribution in [0.2, 0.25) is 5.02 Å². The molecular formula is C26H19ClO4. The molecule has 0 radical (unpaired) electrons. The molecular weight excluding hydrogens is 412 g/mol. The highest BCUT2D eigenvalue weighted by atomic mass is 35.5. The number of furan rings is 1. The molecule has 0 fully saturated rings. The minimum atomic E-state index is -0.990. The van der Waals surface area contributed by atoms with Gasteiger partial charge in [-0.3, -0.25) is 0 Å². The van der Waals surface area contributed by atoms with Crippen molar-refractivity contribution in [1.82, 2.24) is 0 Å². The SMILES string of the molecule is Cc1cc(=O)oc2c(C)c3oc([C@H](O)c4ccc(Cl)cc4)c(-c4ccccc4)c3cc12. The molecule has 3 aromatic carbocycles. The molecule has 0 spiro atoms. The molecule has 1 atom stereocenters. The lowest BCUT2D eigenvalue weighted by molar-refractivity contribution is 0.193. The van der Waals surface area contributed by atoms with Crippen LogP contribution < -0.4 is 5.63 Å². The van der Waals surface area contributed by atoms with E-state index in [1.54, 1.807) is 24.3 Å². The lowest BCUT2D eigenvalue weighted by atomic mass is 9.95. The largest absolute Gasteiger partial charge is 0.457 e. The highest BCUT2D eigenvalue weighted by Crippen LogP contribution is 2.43. The first-order valence-corrected chi connectivity index (χ1v) is 10.3. The second-order valence-electron chi connectivity index (χ2n) is 7.66. The van der Waals surface area contributed by atoms with Crippen molar-refractivity contribution in [3.63, 3.8) is 0 Å². The second kappa shape index (κ2) is 7.41. The first-order valence-electron chi connectivity index (χ1n) is 9.93. The van der Waals surface area contributed by atoms with Gasteiger partial charge in [0.1, 0.15) is 23.0 Å². The van der Waals surface area contributed by atoms with Gasteiger partial charge in [0.25, 0.3) is 0 Å². The van der Waals surface area contributed by atoms with E-state index >= 15 is 0 Å². The monoisotopic (exact) mass is 430 g/mol. The molecule has 4 nitrogen and oxygen atoms in total. The van der Waals surface area contributed by atoms with Crippen molar-refractivity contribution in [1.29, 1.82) is 0 Å². The van der Waals surface area contributed by atoms with E-state index in [-0.39, 0.29) is 0 Å². The number of aliphatic hydroxyl groups is 1. The molecule has 0 aliphatic rings. The highest BCUT2D eigenvalue weighted by Gasteiger charge is 2.26. The van der Waals surface area contributed by atoms with Crippen LogP contribution in [-0.4, -0.2) is 5.11 Å². The molecule has 0 amide bonds. The fraction of sp³-hybridized carbons (Fsp3) is 0.115. The van der Waals surface area contributed by atoms with E-state index in [1.807, 2.05) is 50.2 Å². The zero-order chi connectivity index (χ0) is 21.7. The van der Waals surface area contributed by atoms with E-state index in [2.05, 4.69) is 0 Å². The molecule has 154 valence electrons. The number of fused-ring (bicyclic) bond motifs is 2. The lowest BCUT2D eigenvalue weighted by Crippen LogP contribution is -1.99. The molecule has 5 rings (SSSR count). The van der Waals surface area contributed by atoms with Gasteiger partial charge in [-0.2, -0.15) is 0 Å². The van der Waals surface area contributed by atoms with Crippen LogP contribution in [0.1, 0.15) is 28.6 Å². The number of halogens is 1. The Morgan fingerprint density at radius 3 is 2.26 bits per heavy atom. The maximum absolute atomic E-state index is 12.0. The van der Waals surface area contributed by atoms with Crippen LogP contribution in [-0.2, 0) is 0 Å². The molecule has 0 unspecified atom stereocenters.